The highest BCUT2D eigenvalue weighted by molar-refractivity contribution is 7.14. The summed E-state index contributed by atoms with van der Waals surface area (Å²) in [5, 5.41) is 3.60. The van der Waals surface area contributed by atoms with Crippen LogP contribution < -0.4 is 0 Å². The lowest BCUT2D eigenvalue weighted by atomic mass is 10.1. The first-order valence-corrected chi connectivity index (χ1v) is 5.29. The van der Waals surface area contributed by atoms with E-state index < -0.39 is 11.7 Å². The average molecular weight is 247 g/mol. The SMILES string of the molecule is C=C1CC(c2sc(C)cc2C(F)(F)F)=NO1. The van der Waals surface area contributed by atoms with Gasteiger partial charge in [-0.2, -0.15) is 13.2 Å². The van der Waals surface area contributed by atoms with Crippen LogP contribution in [0.15, 0.2) is 23.6 Å². The summed E-state index contributed by atoms with van der Waals surface area (Å²) >= 11 is 1.07. The highest BCUT2D eigenvalue weighted by Crippen LogP contribution is 2.38. The Morgan fingerprint density at radius 1 is 1.50 bits per heavy atom. The van der Waals surface area contributed by atoms with Crippen molar-refractivity contribution in [3.05, 3.63) is 33.7 Å². The van der Waals surface area contributed by atoms with E-state index in [2.05, 4.69) is 11.7 Å². The van der Waals surface area contributed by atoms with Crippen LogP contribution in [0.3, 0.4) is 0 Å². The van der Waals surface area contributed by atoms with Crippen LogP contribution in [0.1, 0.15) is 21.7 Å². The molecule has 0 radical (unpaired) electrons. The molecular weight excluding hydrogens is 239 g/mol. The maximum atomic E-state index is 12.7. The molecule has 2 heterocycles. The standard InChI is InChI=1S/C10H8F3NOS/c1-5-3-8(14-15-5)9-7(10(11,12)13)4-6(2)16-9/h4H,1,3H2,2H3. The average Bonchev–Trinajstić information content (AvgIpc) is 2.70. The minimum Gasteiger partial charge on any atom is -0.361 e. The van der Waals surface area contributed by atoms with Gasteiger partial charge in [0.1, 0.15) is 11.5 Å². The Balaban J connectivity index is 2.45. The predicted octanol–water partition coefficient (Wildman–Crippen LogP) is 3.71. The molecule has 2 rings (SSSR count). The van der Waals surface area contributed by atoms with Crippen LogP contribution in [0.2, 0.25) is 0 Å². The molecule has 1 aliphatic rings. The molecule has 6 heteroatoms. The Bertz CT molecular complexity index is 473. The first-order chi connectivity index (χ1) is 7.38. The fourth-order valence-electron chi connectivity index (χ4n) is 1.43. The van der Waals surface area contributed by atoms with E-state index in [1.807, 2.05) is 0 Å². The third-order valence-electron chi connectivity index (χ3n) is 2.07. The van der Waals surface area contributed by atoms with E-state index in [-0.39, 0.29) is 11.3 Å². The molecule has 0 aromatic carbocycles. The molecule has 0 amide bonds. The second-order valence-corrected chi connectivity index (χ2v) is 4.70. The van der Waals surface area contributed by atoms with E-state index in [1.54, 1.807) is 6.92 Å². The van der Waals surface area contributed by atoms with Crippen molar-refractivity contribution in [2.45, 2.75) is 19.5 Å². The molecule has 1 aliphatic heterocycles. The topological polar surface area (TPSA) is 21.6 Å². The van der Waals surface area contributed by atoms with E-state index in [0.29, 0.717) is 16.3 Å². The van der Waals surface area contributed by atoms with Crippen LogP contribution in [0.25, 0.3) is 0 Å². The van der Waals surface area contributed by atoms with E-state index in [1.165, 1.54) is 0 Å². The molecule has 0 bridgehead atoms. The lowest BCUT2D eigenvalue weighted by molar-refractivity contribution is -0.137. The summed E-state index contributed by atoms with van der Waals surface area (Å²) < 4.78 is 38.1. The van der Waals surface area contributed by atoms with Gasteiger partial charge < -0.3 is 4.84 Å². The normalized spacial score (nSPS) is 16.2. The number of alkyl halides is 3. The minimum atomic E-state index is -4.35. The van der Waals surface area contributed by atoms with Gasteiger partial charge in [-0.15, -0.1) is 11.3 Å². The summed E-state index contributed by atoms with van der Waals surface area (Å²) in [7, 11) is 0. The van der Waals surface area contributed by atoms with Gasteiger partial charge in [-0.3, -0.25) is 0 Å². The fraction of sp³-hybridized carbons (Fsp3) is 0.300. The van der Waals surface area contributed by atoms with E-state index in [4.69, 9.17) is 4.84 Å². The number of halogens is 3. The zero-order chi connectivity index (χ0) is 11.9. The first kappa shape index (κ1) is 11.2. The summed E-state index contributed by atoms with van der Waals surface area (Å²) in [4.78, 5) is 5.46. The van der Waals surface area contributed by atoms with Crippen molar-refractivity contribution in [3.8, 4) is 0 Å². The summed E-state index contributed by atoms with van der Waals surface area (Å²) in [6.45, 7) is 5.15. The third-order valence-corrected chi connectivity index (χ3v) is 3.17. The van der Waals surface area contributed by atoms with Crippen LogP contribution in [-0.2, 0) is 11.0 Å². The molecule has 0 saturated heterocycles. The van der Waals surface area contributed by atoms with Gasteiger partial charge in [0.25, 0.3) is 0 Å². The van der Waals surface area contributed by atoms with Gasteiger partial charge in [-0.25, -0.2) is 0 Å². The van der Waals surface area contributed by atoms with Crippen molar-refractivity contribution < 1.29 is 18.0 Å². The molecule has 1 aromatic rings. The Morgan fingerprint density at radius 3 is 2.69 bits per heavy atom. The molecule has 1 aromatic heterocycles. The van der Waals surface area contributed by atoms with Gasteiger partial charge in [0.15, 0.2) is 0 Å². The largest absolute Gasteiger partial charge is 0.417 e. The van der Waals surface area contributed by atoms with Crippen LogP contribution in [0.4, 0.5) is 13.2 Å². The highest BCUT2D eigenvalue weighted by Gasteiger charge is 2.37. The number of aryl methyl sites for hydroxylation is 1. The predicted molar refractivity (Wildman–Crippen MR) is 55.4 cm³/mol. The fourth-order valence-corrected chi connectivity index (χ4v) is 2.44. The Kier molecular flexibility index (Phi) is 2.53. The molecule has 0 fully saturated rings. The number of hydrogen-bond acceptors (Lipinski definition) is 3. The lowest BCUT2D eigenvalue weighted by Gasteiger charge is -2.05. The van der Waals surface area contributed by atoms with Crippen molar-refractivity contribution in [1.29, 1.82) is 0 Å². The van der Waals surface area contributed by atoms with Crippen molar-refractivity contribution in [2.24, 2.45) is 5.16 Å². The zero-order valence-corrected chi connectivity index (χ0v) is 9.21. The van der Waals surface area contributed by atoms with Crippen LogP contribution >= 0.6 is 11.3 Å². The van der Waals surface area contributed by atoms with Gasteiger partial charge in [0, 0.05) is 4.88 Å². The van der Waals surface area contributed by atoms with E-state index in [0.717, 1.165) is 17.4 Å². The first-order valence-electron chi connectivity index (χ1n) is 4.47. The van der Waals surface area contributed by atoms with Gasteiger partial charge in [-0.1, -0.05) is 11.7 Å². The molecule has 0 aliphatic carbocycles. The number of rotatable bonds is 1. The second-order valence-electron chi connectivity index (χ2n) is 3.44. The maximum Gasteiger partial charge on any atom is 0.417 e. The summed E-state index contributed by atoms with van der Waals surface area (Å²) in [6.07, 6.45) is -4.12. The molecule has 0 saturated carbocycles. The number of thiophene rings is 1. The second kappa shape index (κ2) is 3.62. The maximum absolute atomic E-state index is 12.7. The van der Waals surface area contributed by atoms with Crippen molar-refractivity contribution in [2.75, 3.05) is 0 Å². The van der Waals surface area contributed by atoms with Gasteiger partial charge >= 0.3 is 6.18 Å². The third kappa shape index (κ3) is 1.97. The van der Waals surface area contributed by atoms with Crippen LogP contribution in [0.5, 0.6) is 0 Å². The molecule has 0 spiro atoms. The summed E-state index contributed by atoms with van der Waals surface area (Å²) in [5.74, 6) is 0.370. The Labute approximate surface area is 94.0 Å². The molecular formula is C10H8F3NOS. The summed E-state index contributed by atoms with van der Waals surface area (Å²) in [6, 6.07) is 1.13. The van der Waals surface area contributed by atoms with Crippen LogP contribution in [-0.4, -0.2) is 5.71 Å². The van der Waals surface area contributed by atoms with E-state index in [9.17, 15) is 13.2 Å². The van der Waals surface area contributed by atoms with E-state index >= 15 is 0 Å². The monoisotopic (exact) mass is 247 g/mol. The molecule has 0 atom stereocenters. The number of oxime groups is 1. The molecule has 0 unspecified atom stereocenters. The molecule has 0 N–H and O–H groups in total. The smallest absolute Gasteiger partial charge is 0.361 e. The minimum absolute atomic E-state index is 0.128. The van der Waals surface area contributed by atoms with Gasteiger partial charge in [-0.05, 0) is 13.0 Å². The van der Waals surface area contributed by atoms with Crippen LogP contribution in [0, 0.1) is 6.92 Å². The van der Waals surface area contributed by atoms with Gasteiger partial charge in [0.05, 0.1) is 16.9 Å². The number of nitrogens with zero attached hydrogens (tertiary/aromatic N) is 1. The zero-order valence-electron chi connectivity index (χ0n) is 8.39. The van der Waals surface area contributed by atoms with Crippen molar-refractivity contribution >= 4 is 17.0 Å². The quantitative estimate of drug-likeness (QED) is 0.741. The summed E-state index contributed by atoms with van der Waals surface area (Å²) in [5.41, 5.74) is -0.345. The van der Waals surface area contributed by atoms with Crippen molar-refractivity contribution in [3.63, 3.8) is 0 Å². The highest BCUT2D eigenvalue weighted by atomic mass is 32.1. The Hall–Kier alpha value is -1.30. The lowest BCUT2D eigenvalue weighted by Crippen LogP contribution is -2.09. The number of allylic oxidation sites excluding steroid dienone is 1. The molecule has 86 valence electrons. The number of hydrogen-bond donors (Lipinski definition) is 0. The molecule has 16 heavy (non-hydrogen) atoms. The molecule has 2 nitrogen and oxygen atoms in total. The van der Waals surface area contributed by atoms with Crippen molar-refractivity contribution in [1.82, 2.24) is 0 Å². The van der Waals surface area contributed by atoms with Gasteiger partial charge in [0.2, 0.25) is 0 Å². The Morgan fingerprint density at radius 2 is 2.19 bits per heavy atom.